The number of amides is 1. The van der Waals surface area contributed by atoms with Gasteiger partial charge in [-0.05, 0) is 101 Å². The van der Waals surface area contributed by atoms with E-state index in [9.17, 15) is 14.0 Å². The van der Waals surface area contributed by atoms with Gasteiger partial charge in [0, 0.05) is 34.4 Å². The summed E-state index contributed by atoms with van der Waals surface area (Å²) in [4.78, 5) is 28.5. The third-order valence-electron chi connectivity index (χ3n) is 7.41. The largest absolute Gasteiger partial charge is 0.339 e. The van der Waals surface area contributed by atoms with E-state index in [-0.39, 0.29) is 25.2 Å². The smallest absolute Gasteiger partial charge is 0.254 e. The van der Waals surface area contributed by atoms with Crippen LogP contribution in [0.2, 0.25) is 10.2 Å². The van der Waals surface area contributed by atoms with Crippen molar-refractivity contribution in [3.63, 3.8) is 0 Å². The Bertz CT molecular complexity index is 1470. The summed E-state index contributed by atoms with van der Waals surface area (Å²) in [6.45, 7) is 4.87. The predicted octanol–water partition coefficient (Wildman–Crippen LogP) is 6.91. The number of hydrogen-bond acceptors (Lipinski definition) is 4. The number of allylic oxidation sites excluding steroid dienone is 1. The maximum atomic E-state index is 13.9. The Balaban J connectivity index is 1.38. The topological polar surface area (TPSA) is 63.2 Å². The quantitative estimate of drug-likeness (QED) is 0.247. The summed E-state index contributed by atoms with van der Waals surface area (Å²) in [5.41, 5.74) is 5.50. The fourth-order valence-electron chi connectivity index (χ4n) is 5.45. The Morgan fingerprint density at radius 1 is 1.11 bits per heavy atom. The first-order valence-electron chi connectivity index (χ1n) is 12.5. The first-order chi connectivity index (χ1) is 18.2. The van der Waals surface area contributed by atoms with E-state index in [1.807, 2.05) is 43.0 Å². The first-order valence-corrected chi connectivity index (χ1v) is 14.3. The summed E-state index contributed by atoms with van der Waals surface area (Å²) in [7, 11) is 0.0685. The number of hydrogen-bond donors (Lipinski definition) is 0. The molecule has 1 spiro atoms. The molecule has 1 aromatic heterocycles. The molecule has 0 aliphatic carbocycles. The molecule has 1 fully saturated rings. The number of nitrogens with zero attached hydrogens (tertiary/aromatic N) is 3. The number of piperidine rings is 1. The standard InChI is InChI=1S/C29H27Cl2FN3O2P/c1-17-14-20(30)6-8-22(17)23(5-3-4-19-15-18(2)33-34-26(19)31)27(36)35-12-10-29(11-13-35)25-9-7-21(32)16-24(25)28(37)38-29/h5-9,14-16,38H,3-4,10-13H2,1-2H3/b23-5+. The van der Waals surface area contributed by atoms with Gasteiger partial charge in [0.2, 0.25) is 0 Å². The third-order valence-corrected chi connectivity index (χ3v) is 9.71. The fraction of sp³-hybridized carbons (Fsp3) is 0.310. The van der Waals surface area contributed by atoms with Crippen molar-refractivity contribution in [2.75, 3.05) is 13.1 Å². The fourth-order valence-corrected chi connectivity index (χ4v) is 7.46. The van der Waals surface area contributed by atoms with E-state index < -0.39 is 5.82 Å². The maximum Gasteiger partial charge on any atom is 0.254 e. The lowest BCUT2D eigenvalue weighted by Crippen LogP contribution is -2.43. The van der Waals surface area contributed by atoms with Crippen molar-refractivity contribution < 1.29 is 14.0 Å². The summed E-state index contributed by atoms with van der Waals surface area (Å²) in [5, 5.41) is 8.65. The molecular formula is C29H27Cl2FN3O2P. The van der Waals surface area contributed by atoms with Crippen molar-refractivity contribution in [2.45, 2.75) is 44.7 Å². The van der Waals surface area contributed by atoms with E-state index in [1.165, 1.54) is 12.1 Å². The minimum atomic E-state index is -0.390. The summed E-state index contributed by atoms with van der Waals surface area (Å²) in [6.07, 6.45) is 4.53. The highest BCUT2D eigenvalue weighted by Crippen LogP contribution is 2.57. The molecule has 2 aliphatic heterocycles. The van der Waals surface area contributed by atoms with Crippen LogP contribution in [0.5, 0.6) is 0 Å². The maximum absolute atomic E-state index is 13.9. The Hall–Kier alpha value is -2.66. The molecule has 0 radical (unpaired) electrons. The Morgan fingerprint density at radius 3 is 2.61 bits per heavy atom. The van der Waals surface area contributed by atoms with Crippen LogP contribution in [0.1, 0.15) is 57.6 Å². The van der Waals surface area contributed by atoms with Gasteiger partial charge in [-0.25, -0.2) is 4.39 Å². The van der Waals surface area contributed by atoms with E-state index in [2.05, 4.69) is 10.2 Å². The van der Waals surface area contributed by atoms with Crippen LogP contribution in [0, 0.1) is 19.7 Å². The van der Waals surface area contributed by atoms with Crippen LogP contribution in [0.25, 0.3) is 5.57 Å². The highest BCUT2D eigenvalue weighted by molar-refractivity contribution is 7.60. The average molecular weight is 570 g/mol. The van der Waals surface area contributed by atoms with Gasteiger partial charge in [0.05, 0.1) is 5.69 Å². The second kappa shape index (κ2) is 10.8. The summed E-state index contributed by atoms with van der Waals surface area (Å²) in [6, 6.07) is 12.0. The van der Waals surface area contributed by atoms with Crippen molar-refractivity contribution in [3.8, 4) is 0 Å². The van der Waals surface area contributed by atoms with E-state index in [0.717, 1.165) is 27.9 Å². The first kappa shape index (κ1) is 26.9. The van der Waals surface area contributed by atoms with Gasteiger partial charge < -0.3 is 4.90 Å². The summed E-state index contributed by atoms with van der Waals surface area (Å²) < 4.78 is 13.8. The summed E-state index contributed by atoms with van der Waals surface area (Å²) in [5.74, 6) is -0.439. The van der Waals surface area contributed by atoms with Gasteiger partial charge in [0.1, 0.15) is 5.82 Å². The van der Waals surface area contributed by atoms with Crippen molar-refractivity contribution >= 4 is 48.8 Å². The molecule has 5 nitrogen and oxygen atoms in total. The van der Waals surface area contributed by atoms with Crippen molar-refractivity contribution in [2.24, 2.45) is 0 Å². The van der Waals surface area contributed by atoms with Crippen molar-refractivity contribution in [1.29, 1.82) is 0 Å². The number of halogens is 3. The molecule has 1 atom stereocenters. The Kier molecular flexibility index (Phi) is 7.68. The van der Waals surface area contributed by atoms with Crippen LogP contribution < -0.4 is 0 Å². The SMILES string of the molecule is Cc1cc(CC/C=C(/C(=O)N2CCC3(CC2)PC(=O)c2cc(F)ccc23)c2ccc(Cl)cc2C)c(Cl)nn1. The lowest BCUT2D eigenvalue weighted by Gasteiger charge is -2.39. The molecule has 3 aromatic rings. The minimum absolute atomic E-state index is 0.0103. The normalized spacial score (nSPS) is 17.3. The minimum Gasteiger partial charge on any atom is -0.339 e. The molecule has 2 aliphatic rings. The number of aryl methyl sites for hydroxylation is 3. The number of rotatable bonds is 5. The lowest BCUT2D eigenvalue weighted by atomic mass is 9.85. The van der Waals surface area contributed by atoms with Crippen LogP contribution in [-0.4, -0.2) is 39.6 Å². The van der Waals surface area contributed by atoms with E-state index in [0.29, 0.717) is 60.1 Å². The lowest BCUT2D eigenvalue weighted by molar-refractivity contribution is -0.126. The summed E-state index contributed by atoms with van der Waals surface area (Å²) >= 11 is 12.4. The number of carbonyl (C=O) groups excluding carboxylic acids is 2. The molecule has 1 saturated heterocycles. The zero-order valence-electron chi connectivity index (χ0n) is 21.2. The van der Waals surface area contributed by atoms with Crippen LogP contribution in [0.4, 0.5) is 4.39 Å². The second-order valence-electron chi connectivity index (χ2n) is 9.94. The molecular weight excluding hydrogens is 543 g/mol. The van der Waals surface area contributed by atoms with E-state index in [1.54, 1.807) is 12.1 Å². The van der Waals surface area contributed by atoms with Crippen molar-refractivity contribution in [1.82, 2.24) is 15.1 Å². The van der Waals surface area contributed by atoms with Crippen LogP contribution >= 0.6 is 31.8 Å². The van der Waals surface area contributed by atoms with Crippen molar-refractivity contribution in [3.05, 3.63) is 98.0 Å². The number of likely N-dealkylation sites (tertiary alicyclic amines) is 1. The number of benzene rings is 2. The molecule has 1 unspecified atom stereocenters. The van der Waals surface area contributed by atoms with Crippen LogP contribution in [-0.2, 0) is 16.4 Å². The van der Waals surface area contributed by atoms with Gasteiger partial charge >= 0.3 is 0 Å². The van der Waals surface area contributed by atoms with Gasteiger partial charge in [-0.3, -0.25) is 9.59 Å². The van der Waals surface area contributed by atoms with Gasteiger partial charge in [-0.1, -0.05) is 41.4 Å². The van der Waals surface area contributed by atoms with E-state index >= 15 is 0 Å². The molecule has 0 saturated carbocycles. The zero-order valence-corrected chi connectivity index (χ0v) is 23.7. The molecule has 196 valence electrons. The highest BCUT2D eigenvalue weighted by Gasteiger charge is 2.46. The number of aromatic nitrogens is 2. The number of fused-ring (bicyclic) bond motifs is 2. The molecule has 3 heterocycles. The zero-order chi connectivity index (χ0) is 27.0. The number of carbonyl (C=O) groups is 2. The molecule has 9 heteroatoms. The second-order valence-corrected chi connectivity index (χ2v) is 12.4. The monoisotopic (exact) mass is 569 g/mol. The predicted molar refractivity (Wildman–Crippen MR) is 151 cm³/mol. The molecule has 5 rings (SSSR count). The molecule has 38 heavy (non-hydrogen) atoms. The molecule has 0 N–H and O–H groups in total. The Labute approximate surface area is 233 Å². The van der Waals surface area contributed by atoms with Gasteiger partial charge in [-0.15, -0.1) is 5.10 Å². The van der Waals surface area contributed by atoms with Gasteiger partial charge in [0.15, 0.2) is 10.7 Å². The van der Waals surface area contributed by atoms with Crippen LogP contribution in [0.15, 0.2) is 48.5 Å². The van der Waals surface area contributed by atoms with Gasteiger partial charge in [-0.2, -0.15) is 5.10 Å². The molecule has 2 aromatic carbocycles. The van der Waals surface area contributed by atoms with Gasteiger partial charge in [0.25, 0.3) is 5.91 Å². The molecule has 0 bridgehead atoms. The Morgan fingerprint density at radius 2 is 1.87 bits per heavy atom. The third kappa shape index (κ3) is 5.27. The van der Waals surface area contributed by atoms with Crippen LogP contribution in [0.3, 0.4) is 0 Å². The highest BCUT2D eigenvalue weighted by atomic mass is 35.5. The molecule has 1 amide bonds. The van der Waals surface area contributed by atoms with E-state index in [4.69, 9.17) is 23.2 Å². The average Bonchev–Trinajstić information content (AvgIpc) is 3.14.